The Kier molecular flexibility index (Phi) is 4.05. The third kappa shape index (κ3) is 3.06. The molecule has 0 aromatic rings. The molecule has 3 saturated carbocycles. The van der Waals surface area contributed by atoms with Gasteiger partial charge in [-0.2, -0.15) is 0 Å². The molecule has 3 nitrogen and oxygen atoms in total. The maximum Gasteiger partial charge on any atom is 0.0767 e. The summed E-state index contributed by atoms with van der Waals surface area (Å²) in [5.74, 6) is 0.989. The summed E-state index contributed by atoms with van der Waals surface area (Å²) in [5.41, 5.74) is 5.57. The van der Waals surface area contributed by atoms with E-state index in [0.717, 1.165) is 12.5 Å². The Hall–Kier alpha value is -0.120. The van der Waals surface area contributed by atoms with Gasteiger partial charge in [-0.15, -0.1) is 0 Å². The summed E-state index contributed by atoms with van der Waals surface area (Å²) < 4.78 is 6.00. The highest BCUT2D eigenvalue weighted by molar-refractivity contribution is 4.92. The van der Waals surface area contributed by atoms with Gasteiger partial charge in [0.2, 0.25) is 0 Å². The topological polar surface area (TPSA) is 55.5 Å². The van der Waals surface area contributed by atoms with Crippen molar-refractivity contribution in [3.8, 4) is 0 Å². The quantitative estimate of drug-likeness (QED) is 0.793. The van der Waals surface area contributed by atoms with Gasteiger partial charge in [0.15, 0.2) is 0 Å². The Labute approximate surface area is 111 Å². The summed E-state index contributed by atoms with van der Waals surface area (Å²) in [4.78, 5) is 0. The average molecular weight is 255 g/mol. The van der Waals surface area contributed by atoms with Gasteiger partial charge in [-0.05, 0) is 70.6 Å². The van der Waals surface area contributed by atoms with E-state index in [9.17, 15) is 5.11 Å². The van der Waals surface area contributed by atoms with Crippen molar-refractivity contribution in [2.45, 2.75) is 77.0 Å². The number of fused-ring (bicyclic) bond motifs is 3. The summed E-state index contributed by atoms with van der Waals surface area (Å²) >= 11 is 0. The van der Waals surface area contributed by atoms with E-state index in [1.54, 1.807) is 13.8 Å². The van der Waals surface area contributed by atoms with Gasteiger partial charge in [0, 0.05) is 0 Å². The van der Waals surface area contributed by atoms with E-state index in [2.05, 4.69) is 0 Å². The number of aliphatic hydroxyl groups is 1. The molecule has 0 unspecified atom stereocenters. The summed E-state index contributed by atoms with van der Waals surface area (Å²) in [7, 11) is 0. The standard InChI is InChI=1S/C15H29NO2/c1-11(13(16)14(2,3)17)18-10-15-7-4-12(5-8-15)6-9-15/h11-13,17H,4-10,16H2,1-3H3/t11-,12?,13+,15?/m1/s1. The Morgan fingerprint density at radius 3 is 2.22 bits per heavy atom. The first-order chi connectivity index (χ1) is 8.32. The first-order valence-corrected chi connectivity index (χ1v) is 7.42. The van der Waals surface area contributed by atoms with Crippen LogP contribution in [0.5, 0.6) is 0 Å². The molecule has 2 atom stereocenters. The van der Waals surface area contributed by atoms with Crippen molar-refractivity contribution in [1.82, 2.24) is 0 Å². The van der Waals surface area contributed by atoms with E-state index >= 15 is 0 Å². The third-order valence-electron chi connectivity index (χ3n) is 5.22. The molecule has 18 heavy (non-hydrogen) atoms. The molecular formula is C15H29NO2. The molecule has 3 aliphatic rings. The molecule has 0 aromatic heterocycles. The Morgan fingerprint density at radius 2 is 1.78 bits per heavy atom. The minimum Gasteiger partial charge on any atom is -0.389 e. The maximum absolute atomic E-state index is 9.92. The molecule has 3 rings (SSSR count). The zero-order valence-electron chi connectivity index (χ0n) is 12.1. The fourth-order valence-corrected chi connectivity index (χ4v) is 3.54. The molecular weight excluding hydrogens is 226 g/mol. The average Bonchev–Trinajstić information content (AvgIpc) is 2.36. The highest BCUT2D eigenvalue weighted by Crippen LogP contribution is 2.50. The molecule has 3 N–H and O–H groups in total. The Morgan fingerprint density at radius 1 is 1.28 bits per heavy atom. The largest absolute Gasteiger partial charge is 0.389 e. The minimum absolute atomic E-state index is 0.0842. The lowest BCUT2D eigenvalue weighted by Gasteiger charge is -2.47. The van der Waals surface area contributed by atoms with E-state index in [-0.39, 0.29) is 12.1 Å². The molecule has 0 radical (unpaired) electrons. The third-order valence-corrected chi connectivity index (χ3v) is 5.22. The Balaban J connectivity index is 1.84. The second kappa shape index (κ2) is 5.10. The Bertz CT molecular complexity index is 263. The predicted molar refractivity (Wildman–Crippen MR) is 73.3 cm³/mol. The first kappa shape index (κ1) is 14.3. The van der Waals surface area contributed by atoms with Crippen molar-refractivity contribution >= 4 is 0 Å². The van der Waals surface area contributed by atoms with E-state index in [1.807, 2.05) is 6.92 Å². The van der Waals surface area contributed by atoms with Gasteiger partial charge in [0.05, 0.1) is 24.4 Å². The van der Waals surface area contributed by atoms with Crippen LogP contribution in [0.3, 0.4) is 0 Å². The van der Waals surface area contributed by atoms with E-state index in [0.29, 0.717) is 5.41 Å². The summed E-state index contributed by atoms with van der Waals surface area (Å²) in [5, 5.41) is 9.92. The van der Waals surface area contributed by atoms with Crippen molar-refractivity contribution in [2.24, 2.45) is 17.1 Å². The normalized spacial score (nSPS) is 35.5. The van der Waals surface area contributed by atoms with Gasteiger partial charge in [0.25, 0.3) is 0 Å². The van der Waals surface area contributed by atoms with Crippen LogP contribution in [0, 0.1) is 11.3 Å². The number of hydrogen-bond donors (Lipinski definition) is 2. The van der Waals surface area contributed by atoms with Crippen LogP contribution in [0.1, 0.15) is 59.3 Å². The van der Waals surface area contributed by atoms with Crippen molar-refractivity contribution in [1.29, 1.82) is 0 Å². The predicted octanol–water partition coefficient (Wildman–Crippen LogP) is 2.46. The molecule has 2 bridgehead atoms. The lowest BCUT2D eigenvalue weighted by Crippen LogP contribution is -2.52. The highest BCUT2D eigenvalue weighted by atomic mass is 16.5. The van der Waals surface area contributed by atoms with Crippen molar-refractivity contribution in [2.75, 3.05) is 6.61 Å². The molecule has 3 aliphatic carbocycles. The molecule has 106 valence electrons. The second-order valence-electron chi connectivity index (χ2n) is 7.18. The smallest absolute Gasteiger partial charge is 0.0767 e. The van der Waals surface area contributed by atoms with Crippen LogP contribution >= 0.6 is 0 Å². The van der Waals surface area contributed by atoms with Crippen molar-refractivity contribution in [3.63, 3.8) is 0 Å². The van der Waals surface area contributed by atoms with Crippen LogP contribution in [-0.4, -0.2) is 29.5 Å². The summed E-state index contributed by atoms with van der Waals surface area (Å²) in [6.45, 7) is 6.31. The van der Waals surface area contributed by atoms with Crippen molar-refractivity contribution in [3.05, 3.63) is 0 Å². The van der Waals surface area contributed by atoms with Crippen molar-refractivity contribution < 1.29 is 9.84 Å². The van der Waals surface area contributed by atoms with Crippen LogP contribution in [0.4, 0.5) is 0 Å². The number of rotatable bonds is 5. The van der Waals surface area contributed by atoms with Gasteiger partial charge in [-0.3, -0.25) is 0 Å². The molecule has 3 fully saturated rings. The highest BCUT2D eigenvalue weighted by Gasteiger charge is 2.41. The summed E-state index contributed by atoms with van der Waals surface area (Å²) in [6, 6.07) is -0.325. The molecule has 0 aliphatic heterocycles. The molecule has 0 aromatic carbocycles. The maximum atomic E-state index is 9.92. The number of nitrogens with two attached hydrogens (primary N) is 1. The number of ether oxygens (including phenoxy) is 1. The SMILES string of the molecule is C[C@@H](OCC12CCC(CC1)CC2)[C@H](N)C(C)(C)O. The lowest BCUT2D eigenvalue weighted by atomic mass is 9.61. The summed E-state index contributed by atoms with van der Waals surface area (Å²) in [6.07, 6.45) is 8.03. The van der Waals surface area contributed by atoms with Crippen LogP contribution in [0.15, 0.2) is 0 Å². The van der Waals surface area contributed by atoms with Gasteiger partial charge < -0.3 is 15.6 Å². The first-order valence-electron chi connectivity index (χ1n) is 7.42. The minimum atomic E-state index is -0.874. The van der Waals surface area contributed by atoms with E-state index in [1.165, 1.54) is 38.5 Å². The monoisotopic (exact) mass is 255 g/mol. The molecule has 0 spiro atoms. The van der Waals surface area contributed by atoms with Gasteiger partial charge in [0.1, 0.15) is 0 Å². The zero-order valence-corrected chi connectivity index (χ0v) is 12.1. The fraction of sp³-hybridized carbons (Fsp3) is 1.00. The fourth-order valence-electron chi connectivity index (χ4n) is 3.54. The van der Waals surface area contributed by atoms with Crippen LogP contribution < -0.4 is 5.73 Å². The lowest BCUT2D eigenvalue weighted by molar-refractivity contribution is -0.0834. The number of hydrogen-bond acceptors (Lipinski definition) is 3. The zero-order chi connectivity index (χ0) is 13.4. The van der Waals surface area contributed by atoms with Gasteiger partial charge >= 0.3 is 0 Å². The molecule has 3 heteroatoms. The molecule has 0 amide bonds. The molecule has 0 saturated heterocycles. The van der Waals surface area contributed by atoms with Gasteiger partial charge in [-0.25, -0.2) is 0 Å². The molecule has 0 heterocycles. The second-order valence-corrected chi connectivity index (χ2v) is 7.18. The van der Waals surface area contributed by atoms with E-state index in [4.69, 9.17) is 10.5 Å². The van der Waals surface area contributed by atoms with Crippen LogP contribution in [0.25, 0.3) is 0 Å². The van der Waals surface area contributed by atoms with Gasteiger partial charge in [-0.1, -0.05) is 0 Å². The van der Waals surface area contributed by atoms with E-state index < -0.39 is 5.60 Å². The van der Waals surface area contributed by atoms with Crippen LogP contribution in [-0.2, 0) is 4.74 Å². The van der Waals surface area contributed by atoms with Crippen LogP contribution in [0.2, 0.25) is 0 Å².